The summed E-state index contributed by atoms with van der Waals surface area (Å²) in [7, 11) is 1.35. The van der Waals surface area contributed by atoms with Crippen molar-refractivity contribution in [2.24, 2.45) is 0 Å². The summed E-state index contributed by atoms with van der Waals surface area (Å²) >= 11 is 1.30. The molecule has 1 rings (SSSR count). The van der Waals surface area contributed by atoms with Crippen molar-refractivity contribution >= 4 is 28.0 Å². The molecule has 4 nitrogen and oxygen atoms in total. The van der Waals surface area contributed by atoms with E-state index in [1.54, 1.807) is 6.07 Å². The zero-order valence-corrected chi connectivity index (χ0v) is 10.5. The van der Waals surface area contributed by atoms with Crippen LogP contribution in [0.15, 0.2) is 17.7 Å². The van der Waals surface area contributed by atoms with Crippen molar-refractivity contribution in [3.8, 4) is 0 Å². The van der Waals surface area contributed by atoms with E-state index in [1.807, 2.05) is 13.8 Å². The Bertz CT molecular complexity index is 406. The topological polar surface area (TPSA) is 64.3 Å². The molecular formula is C11H16N2O2S. The van der Waals surface area contributed by atoms with Gasteiger partial charge in [-0.1, -0.05) is 11.6 Å². The van der Waals surface area contributed by atoms with Gasteiger partial charge in [0, 0.05) is 6.54 Å². The Kier molecular flexibility index (Phi) is 4.37. The molecule has 1 heterocycles. The molecule has 16 heavy (non-hydrogen) atoms. The fourth-order valence-corrected chi connectivity index (χ4v) is 2.00. The number of carbonyl (C=O) groups excluding carboxylic acids is 1. The third kappa shape index (κ3) is 3.27. The lowest BCUT2D eigenvalue weighted by Crippen LogP contribution is -2.01. The quantitative estimate of drug-likeness (QED) is 0.627. The van der Waals surface area contributed by atoms with Crippen LogP contribution in [0.25, 0.3) is 0 Å². The normalized spacial score (nSPS) is 9.69. The summed E-state index contributed by atoms with van der Waals surface area (Å²) in [6.07, 6.45) is 2.06. The van der Waals surface area contributed by atoms with E-state index >= 15 is 0 Å². The van der Waals surface area contributed by atoms with Crippen LogP contribution in [0.4, 0.5) is 10.7 Å². The largest absolute Gasteiger partial charge is 0.465 e. The number of carbonyl (C=O) groups is 1. The molecule has 0 atom stereocenters. The highest BCUT2D eigenvalue weighted by molar-refractivity contribution is 7.18. The van der Waals surface area contributed by atoms with Crippen LogP contribution in [0.2, 0.25) is 0 Å². The Hall–Kier alpha value is -1.49. The van der Waals surface area contributed by atoms with Crippen LogP contribution in [-0.4, -0.2) is 19.6 Å². The molecule has 0 unspecified atom stereocenters. The molecule has 0 aliphatic rings. The summed E-state index contributed by atoms with van der Waals surface area (Å²) in [5, 5.41) is 4.04. The van der Waals surface area contributed by atoms with E-state index in [9.17, 15) is 4.79 Å². The van der Waals surface area contributed by atoms with Gasteiger partial charge in [0.25, 0.3) is 0 Å². The fraction of sp³-hybridized carbons (Fsp3) is 0.364. The van der Waals surface area contributed by atoms with E-state index in [1.165, 1.54) is 24.0 Å². The molecule has 0 bridgehead atoms. The second kappa shape index (κ2) is 5.55. The van der Waals surface area contributed by atoms with E-state index < -0.39 is 5.97 Å². The van der Waals surface area contributed by atoms with E-state index in [-0.39, 0.29) is 0 Å². The van der Waals surface area contributed by atoms with Crippen LogP contribution in [-0.2, 0) is 4.74 Å². The van der Waals surface area contributed by atoms with Crippen molar-refractivity contribution in [1.82, 2.24) is 0 Å². The zero-order valence-electron chi connectivity index (χ0n) is 9.66. The van der Waals surface area contributed by atoms with Crippen LogP contribution < -0.4 is 11.1 Å². The number of rotatable bonds is 4. The zero-order chi connectivity index (χ0) is 12.1. The van der Waals surface area contributed by atoms with Gasteiger partial charge in [-0.25, -0.2) is 4.79 Å². The predicted octanol–water partition coefficient (Wildman–Crippen LogP) is 2.50. The first-order valence-corrected chi connectivity index (χ1v) is 5.71. The number of thiophene rings is 1. The minimum atomic E-state index is -0.391. The van der Waals surface area contributed by atoms with E-state index in [2.05, 4.69) is 16.1 Å². The lowest BCUT2D eigenvalue weighted by atomic mass is 10.3. The number of anilines is 2. The third-order valence-electron chi connectivity index (χ3n) is 1.92. The molecule has 3 N–H and O–H groups in total. The minimum Gasteiger partial charge on any atom is -0.465 e. The summed E-state index contributed by atoms with van der Waals surface area (Å²) in [6.45, 7) is 4.79. The number of methoxy groups -OCH3 is 1. The van der Waals surface area contributed by atoms with Gasteiger partial charge in [0.2, 0.25) is 0 Å². The van der Waals surface area contributed by atoms with Crippen molar-refractivity contribution < 1.29 is 9.53 Å². The lowest BCUT2D eigenvalue weighted by molar-refractivity contribution is 0.0607. The maximum atomic E-state index is 11.3. The molecular weight excluding hydrogens is 224 g/mol. The Labute approximate surface area is 99.1 Å². The number of esters is 1. The average Bonchev–Trinajstić information content (AvgIpc) is 2.58. The van der Waals surface area contributed by atoms with E-state index in [4.69, 9.17) is 5.73 Å². The maximum Gasteiger partial charge on any atom is 0.350 e. The molecule has 0 fully saturated rings. The summed E-state index contributed by atoms with van der Waals surface area (Å²) in [5.74, 6) is -0.391. The number of nitrogens with one attached hydrogen (secondary N) is 1. The van der Waals surface area contributed by atoms with Crippen molar-refractivity contribution in [2.45, 2.75) is 13.8 Å². The molecule has 1 aromatic rings. The lowest BCUT2D eigenvalue weighted by Gasteiger charge is -1.98. The fourth-order valence-electron chi connectivity index (χ4n) is 1.10. The Balaban J connectivity index is 2.70. The van der Waals surface area contributed by atoms with Crippen molar-refractivity contribution in [1.29, 1.82) is 0 Å². The number of nitrogen functional groups attached to an aromatic ring is 1. The number of hydrogen-bond acceptors (Lipinski definition) is 5. The van der Waals surface area contributed by atoms with Crippen LogP contribution in [0, 0.1) is 0 Å². The molecule has 0 aliphatic carbocycles. The molecule has 1 aromatic heterocycles. The number of hydrogen-bond donors (Lipinski definition) is 2. The standard InChI is InChI=1S/C11H16N2O2S/c1-7(2)4-5-13-9-6-8(12)10(16-9)11(14)15-3/h4,6,13H,5,12H2,1-3H3. The van der Waals surface area contributed by atoms with Gasteiger partial charge in [-0.3, -0.25) is 0 Å². The van der Waals surface area contributed by atoms with Gasteiger partial charge in [0.15, 0.2) is 0 Å². The highest BCUT2D eigenvalue weighted by atomic mass is 32.1. The van der Waals surface area contributed by atoms with E-state index in [0.29, 0.717) is 10.6 Å². The highest BCUT2D eigenvalue weighted by Crippen LogP contribution is 2.29. The summed E-state index contributed by atoms with van der Waals surface area (Å²) in [5.41, 5.74) is 7.40. The predicted molar refractivity (Wildman–Crippen MR) is 68.0 cm³/mol. The second-order valence-corrected chi connectivity index (χ2v) is 4.60. The van der Waals surface area contributed by atoms with Crippen LogP contribution >= 0.6 is 11.3 Å². The first-order chi connectivity index (χ1) is 7.54. The van der Waals surface area contributed by atoms with Crippen LogP contribution in [0.5, 0.6) is 0 Å². The number of allylic oxidation sites excluding steroid dienone is 1. The van der Waals surface area contributed by atoms with Crippen molar-refractivity contribution in [3.63, 3.8) is 0 Å². The summed E-state index contributed by atoms with van der Waals surface area (Å²) < 4.78 is 4.62. The molecule has 0 amide bonds. The smallest absolute Gasteiger partial charge is 0.350 e. The van der Waals surface area contributed by atoms with Gasteiger partial charge in [-0.2, -0.15) is 0 Å². The molecule has 0 saturated heterocycles. The SMILES string of the molecule is COC(=O)c1sc(NCC=C(C)C)cc1N. The monoisotopic (exact) mass is 240 g/mol. The Morgan fingerprint density at radius 1 is 1.62 bits per heavy atom. The summed E-state index contributed by atoms with van der Waals surface area (Å²) in [6, 6.07) is 1.75. The molecule has 0 aromatic carbocycles. The highest BCUT2D eigenvalue weighted by Gasteiger charge is 2.14. The van der Waals surface area contributed by atoms with Crippen LogP contribution in [0.3, 0.4) is 0 Å². The van der Waals surface area contributed by atoms with E-state index in [0.717, 1.165) is 11.5 Å². The molecule has 0 radical (unpaired) electrons. The number of ether oxygens (including phenoxy) is 1. The van der Waals surface area contributed by atoms with Gasteiger partial charge in [0.05, 0.1) is 17.8 Å². The first kappa shape index (κ1) is 12.6. The maximum absolute atomic E-state index is 11.3. The molecule has 88 valence electrons. The molecule has 0 spiro atoms. The second-order valence-electron chi connectivity index (χ2n) is 3.55. The van der Waals surface area contributed by atoms with Crippen molar-refractivity contribution in [2.75, 3.05) is 24.7 Å². The average molecular weight is 240 g/mol. The first-order valence-electron chi connectivity index (χ1n) is 4.89. The van der Waals surface area contributed by atoms with Crippen LogP contribution in [0.1, 0.15) is 23.5 Å². The van der Waals surface area contributed by atoms with Gasteiger partial charge < -0.3 is 15.8 Å². The molecule has 0 aliphatic heterocycles. The van der Waals surface area contributed by atoms with Gasteiger partial charge >= 0.3 is 5.97 Å². The number of nitrogens with two attached hydrogens (primary N) is 1. The Morgan fingerprint density at radius 2 is 2.31 bits per heavy atom. The van der Waals surface area contributed by atoms with Gasteiger partial charge in [-0.05, 0) is 19.9 Å². The summed E-state index contributed by atoms with van der Waals surface area (Å²) in [4.78, 5) is 11.7. The van der Waals surface area contributed by atoms with Crippen molar-refractivity contribution in [3.05, 3.63) is 22.6 Å². The Morgan fingerprint density at radius 3 is 2.88 bits per heavy atom. The minimum absolute atomic E-state index is 0.391. The third-order valence-corrected chi connectivity index (χ3v) is 3.01. The van der Waals surface area contributed by atoms with Gasteiger partial charge in [-0.15, -0.1) is 11.3 Å². The molecule has 0 saturated carbocycles. The van der Waals surface area contributed by atoms with Gasteiger partial charge in [0.1, 0.15) is 4.88 Å². The molecule has 5 heteroatoms.